The third kappa shape index (κ3) is 2.84. The van der Waals surface area contributed by atoms with Gasteiger partial charge in [-0.05, 0) is 49.8 Å². The van der Waals surface area contributed by atoms with E-state index in [1.165, 1.54) is 0 Å². The van der Waals surface area contributed by atoms with Crippen LogP contribution in [-0.4, -0.2) is 24.3 Å². The lowest BCUT2D eigenvalue weighted by Crippen LogP contribution is -2.39. The van der Waals surface area contributed by atoms with Gasteiger partial charge in [-0.3, -0.25) is 4.79 Å². The molecule has 2 rings (SSSR count). The molecule has 1 aromatic rings. The van der Waals surface area contributed by atoms with Gasteiger partial charge in [-0.25, -0.2) is 0 Å². The maximum Gasteiger partial charge on any atom is 0.314 e. The predicted octanol–water partition coefficient (Wildman–Crippen LogP) is 3.89. The van der Waals surface area contributed by atoms with Crippen LogP contribution in [0.5, 0.6) is 0 Å². The van der Waals surface area contributed by atoms with Gasteiger partial charge in [-0.2, -0.15) is 0 Å². The second-order valence-electron chi connectivity index (χ2n) is 5.36. The molecule has 1 aromatic carbocycles. The van der Waals surface area contributed by atoms with Crippen LogP contribution in [0.2, 0.25) is 5.02 Å². The van der Waals surface area contributed by atoms with Gasteiger partial charge in [0.25, 0.3) is 0 Å². The first-order valence-corrected chi connectivity index (χ1v) is 7.56. The number of benzene rings is 1. The highest BCUT2D eigenvalue weighted by Gasteiger charge is 2.50. The van der Waals surface area contributed by atoms with Gasteiger partial charge in [-0.1, -0.05) is 30.2 Å². The van der Waals surface area contributed by atoms with Gasteiger partial charge in [0.1, 0.15) is 0 Å². The van der Waals surface area contributed by atoms with Crippen molar-refractivity contribution in [3.63, 3.8) is 0 Å². The van der Waals surface area contributed by atoms with Crippen LogP contribution in [0.4, 0.5) is 0 Å². The molecule has 0 aliphatic heterocycles. The van der Waals surface area contributed by atoms with Gasteiger partial charge < -0.3 is 9.84 Å². The molecule has 110 valence electrons. The molecule has 1 N–H and O–H groups in total. The number of carbonyl (C=O) groups is 1. The molecule has 20 heavy (non-hydrogen) atoms. The largest absolute Gasteiger partial charge is 0.481 e. The molecule has 0 amide bonds. The van der Waals surface area contributed by atoms with E-state index in [2.05, 4.69) is 0 Å². The molecule has 1 fully saturated rings. The van der Waals surface area contributed by atoms with E-state index in [0.29, 0.717) is 24.7 Å². The fourth-order valence-corrected chi connectivity index (χ4v) is 3.50. The molecule has 1 aliphatic rings. The molecular weight excluding hydrogens is 276 g/mol. The number of carboxylic acid groups (broad SMARTS) is 1. The SMILES string of the molecule is CCOCCC1CCCC1(C(=O)O)c1ccc(Cl)cc1. The standard InChI is InChI=1S/C16H21ClO3/c1-2-20-11-9-12-4-3-10-16(12,15(18)19)13-5-7-14(17)8-6-13/h5-8,12H,2-4,9-11H2,1H3,(H,18,19). The van der Waals surface area contributed by atoms with Crippen LogP contribution in [0, 0.1) is 5.92 Å². The van der Waals surface area contributed by atoms with Gasteiger partial charge in [0.15, 0.2) is 0 Å². The molecule has 2 unspecified atom stereocenters. The van der Waals surface area contributed by atoms with Gasteiger partial charge in [0.05, 0.1) is 5.41 Å². The van der Waals surface area contributed by atoms with Gasteiger partial charge >= 0.3 is 5.97 Å². The zero-order valence-corrected chi connectivity index (χ0v) is 12.5. The molecule has 2 atom stereocenters. The van der Waals surface area contributed by atoms with Crippen molar-refractivity contribution in [1.82, 2.24) is 0 Å². The van der Waals surface area contributed by atoms with Crippen LogP contribution in [0.15, 0.2) is 24.3 Å². The molecule has 1 aliphatic carbocycles. The Morgan fingerprint density at radius 3 is 2.75 bits per heavy atom. The lowest BCUT2D eigenvalue weighted by atomic mass is 9.71. The highest BCUT2D eigenvalue weighted by atomic mass is 35.5. The Labute approximate surface area is 124 Å². The number of ether oxygens (including phenoxy) is 1. The number of carboxylic acids is 1. The average molecular weight is 297 g/mol. The number of hydrogen-bond acceptors (Lipinski definition) is 2. The Balaban J connectivity index is 2.28. The molecule has 0 spiro atoms. The molecule has 0 aromatic heterocycles. The van der Waals surface area contributed by atoms with Crippen LogP contribution in [0.25, 0.3) is 0 Å². The maximum absolute atomic E-state index is 12.0. The quantitative estimate of drug-likeness (QED) is 0.810. The van der Waals surface area contributed by atoms with E-state index in [-0.39, 0.29) is 5.92 Å². The minimum Gasteiger partial charge on any atom is -0.481 e. The van der Waals surface area contributed by atoms with Crippen molar-refractivity contribution in [3.05, 3.63) is 34.9 Å². The summed E-state index contributed by atoms with van der Waals surface area (Å²) in [6.07, 6.45) is 3.39. The van der Waals surface area contributed by atoms with Crippen LogP contribution >= 0.6 is 11.6 Å². The van der Waals surface area contributed by atoms with E-state index >= 15 is 0 Å². The van der Waals surface area contributed by atoms with Crippen LogP contribution in [-0.2, 0) is 14.9 Å². The van der Waals surface area contributed by atoms with Crippen molar-refractivity contribution in [2.24, 2.45) is 5.92 Å². The molecule has 0 radical (unpaired) electrons. The molecule has 3 nitrogen and oxygen atoms in total. The lowest BCUT2D eigenvalue weighted by molar-refractivity contribution is -0.145. The summed E-state index contributed by atoms with van der Waals surface area (Å²) in [6.45, 7) is 3.26. The van der Waals surface area contributed by atoms with E-state index in [9.17, 15) is 9.90 Å². The smallest absolute Gasteiger partial charge is 0.314 e. The fraction of sp³-hybridized carbons (Fsp3) is 0.562. The normalized spacial score (nSPS) is 25.8. The number of halogens is 1. The van der Waals surface area contributed by atoms with Crippen molar-refractivity contribution in [2.75, 3.05) is 13.2 Å². The first-order chi connectivity index (χ1) is 9.61. The van der Waals surface area contributed by atoms with Crippen molar-refractivity contribution in [1.29, 1.82) is 0 Å². The van der Waals surface area contributed by atoms with Crippen LogP contribution in [0.3, 0.4) is 0 Å². The summed E-state index contributed by atoms with van der Waals surface area (Å²) in [5.74, 6) is -0.591. The van der Waals surface area contributed by atoms with Crippen LogP contribution < -0.4 is 0 Å². The summed E-state index contributed by atoms with van der Waals surface area (Å²) in [4.78, 5) is 12.0. The second-order valence-corrected chi connectivity index (χ2v) is 5.79. The second kappa shape index (κ2) is 6.59. The third-order valence-electron chi connectivity index (χ3n) is 4.38. The Morgan fingerprint density at radius 2 is 2.15 bits per heavy atom. The number of aliphatic carboxylic acids is 1. The zero-order chi connectivity index (χ0) is 14.6. The highest BCUT2D eigenvalue weighted by Crippen LogP contribution is 2.47. The molecule has 4 heteroatoms. The van der Waals surface area contributed by atoms with E-state index in [1.54, 1.807) is 12.1 Å². The monoisotopic (exact) mass is 296 g/mol. The first-order valence-electron chi connectivity index (χ1n) is 7.18. The molecule has 0 saturated heterocycles. The van der Waals surface area contributed by atoms with E-state index in [0.717, 1.165) is 24.8 Å². The zero-order valence-electron chi connectivity index (χ0n) is 11.8. The Morgan fingerprint density at radius 1 is 1.45 bits per heavy atom. The third-order valence-corrected chi connectivity index (χ3v) is 4.63. The first kappa shape index (κ1) is 15.3. The van der Waals surface area contributed by atoms with E-state index < -0.39 is 11.4 Å². The topological polar surface area (TPSA) is 46.5 Å². The average Bonchev–Trinajstić information content (AvgIpc) is 2.85. The maximum atomic E-state index is 12.0. The van der Waals surface area contributed by atoms with Gasteiger partial charge in [0.2, 0.25) is 0 Å². The highest BCUT2D eigenvalue weighted by molar-refractivity contribution is 6.30. The summed E-state index contributed by atoms with van der Waals surface area (Å²) in [5, 5.41) is 10.5. The number of rotatable bonds is 6. The molecule has 0 heterocycles. The van der Waals surface area contributed by atoms with Crippen molar-refractivity contribution in [2.45, 2.75) is 38.0 Å². The number of hydrogen-bond donors (Lipinski definition) is 1. The summed E-state index contributed by atoms with van der Waals surface area (Å²) >= 11 is 5.91. The van der Waals surface area contributed by atoms with Gasteiger partial charge in [-0.15, -0.1) is 0 Å². The Hall–Kier alpha value is -1.06. The molecular formula is C16H21ClO3. The minimum atomic E-state index is -0.776. The fourth-order valence-electron chi connectivity index (χ4n) is 3.37. The van der Waals surface area contributed by atoms with E-state index in [1.807, 2.05) is 19.1 Å². The Bertz CT molecular complexity index is 457. The minimum absolute atomic E-state index is 0.132. The summed E-state index contributed by atoms with van der Waals surface area (Å²) in [6, 6.07) is 7.27. The van der Waals surface area contributed by atoms with E-state index in [4.69, 9.17) is 16.3 Å². The summed E-state index contributed by atoms with van der Waals surface area (Å²) in [7, 11) is 0. The predicted molar refractivity (Wildman–Crippen MR) is 79.2 cm³/mol. The van der Waals surface area contributed by atoms with Crippen molar-refractivity contribution in [3.8, 4) is 0 Å². The summed E-state index contributed by atoms with van der Waals surface area (Å²) in [5.41, 5.74) is 0.0928. The van der Waals surface area contributed by atoms with Crippen molar-refractivity contribution < 1.29 is 14.6 Å². The van der Waals surface area contributed by atoms with Crippen LogP contribution in [0.1, 0.15) is 38.2 Å². The van der Waals surface area contributed by atoms with Crippen molar-refractivity contribution >= 4 is 17.6 Å². The summed E-state index contributed by atoms with van der Waals surface area (Å²) < 4.78 is 5.41. The van der Waals surface area contributed by atoms with Gasteiger partial charge in [0, 0.05) is 18.2 Å². The Kier molecular flexibility index (Phi) is 5.06. The molecule has 1 saturated carbocycles. The molecule has 0 bridgehead atoms. The lowest BCUT2D eigenvalue weighted by Gasteiger charge is -2.32.